The minimum atomic E-state index is 0.404. The number of benzene rings is 1. The molecule has 0 bridgehead atoms. The lowest BCUT2D eigenvalue weighted by atomic mass is 10.3. The van der Waals surface area contributed by atoms with E-state index in [0.29, 0.717) is 22.4 Å². The molecule has 0 atom stereocenters. The first kappa shape index (κ1) is 14.7. The Morgan fingerprint density at radius 3 is 2.42 bits per heavy atom. The molecule has 1 heterocycles. The highest BCUT2D eigenvalue weighted by molar-refractivity contribution is 9.10. The first-order valence-electron chi connectivity index (χ1n) is 5.80. The highest BCUT2D eigenvalue weighted by Gasteiger charge is 2.13. The summed E-state index contributed by atoms with van der Waals surface area (Å²) in [5, 5.41) is 5.53. The Kier molecular flexibility index (Phi) is 4.76. The molecule has 0 saturated heterocycles. The molecule has 1 aromatic heterocycles. The molecule has 2 rings (SSSR count). The molecule has 0 unspecified atom stereocenters. The lowest BCUT2D eigenvalue weighted by molar-refractivity contribution is 0.294. The van der Waals surface area contributed by atoms with Crippen molar-refractivity contribution < 1.29 is 4.74 Å². The Morgan fingerprint density at radius 1 is 1.26 bits per heavy atom. The van der Waals surface area contributed by atoms with E-state index in [4.69, 9.17) is 27.9 Å². The van der Waals surface area contributed by atoms with Gasteiger partial charge in [0.05, 0.1) is 15.9 Å². The zero-order valence-electron chi connectivity index (χ0n) is 10.6. The van der Waals surface area contributed by atoms with Crippen molar-refractivity contribution in [2.24, 2.45) is 7.05 Å². The molecule has 3 nitrogen and oxygen atoms in total. The van der Waals surface area contributed by atoms with Crippen LogP contribution in [0.4, 0.5) is 0 Å². The lowest BCUT2D eigenvalue weighted by Crippen LogP contribution is -2.03. The molecule has 0 aliphatic heterocycles. The Morgan fingerprint density at radius 2 is 1.89 bits per heavy atom. The van der Waals surface area contributed by atoms with E-state index >= 15 is 0 Å². The van der Waals surface area contributed by atoms with Gasteiger partial charge in [-0.2, -0.15) is 5.10 Å². The Balaban J connectivity index is 2.16. The minimum Gasteiger partial charge on any atom is -0.487 e. The second kappa shape index (κ2) is 6.16. The van der Waals surface area contributed by atoms with Crippen LogP contribution in [0, 0.1) is 0 Å². The molecule has 0 fully saturated rings. The van der Waals surface area contributed by atoms with Crippen molar-refractivity contribution in [2.45, 2.75) is 20.0 Å². The molecule has 19 heavy (non-hydrogen) atoms. The first-order chi connectivity index (χ1) is 9.01. The number of aryl methyl sites for hydroxylation is 2. The highest BCUT2D eigenvalue weighted by Crippen LogP contribution is 2.27. The number of hydrogen-bond acceptors (Lipinski definition) is 2. The van der Waals surface area contributed by atoms with Gasteiger partial charge < -0.3 is 4.74 Å². The smallest absolute Gasteiger partial charge is 0.131 e. The maximum Gasteiger partial charge on any atom is 0.131 e. The van der Waals surface area contributed by atoms with Gasteiger partial charge >= 0.3 is 0 Å². The number of aromatic nitrogens is 2. The summed E-state index contributed by atoms with van der Waals surface area (Å²) in [6.07, 6.45) is 0.872. The zero-order valence-corrected chi connectivity index (χ0v) is 13.7. The lowest BCUT2D eigenvalue weighted by Gasteiger charge is -2.08. The molecule has 0 aliphatic carbocycles. The SMILES string of the molecule is CCc1nn(C)c(COc2cc(Cl)cc(Cl)c2)c1Br. The number of nitrogens with zero attached hydrogens (tertiary/aromatic N) is 2. The number of rotatable bonds is 4. The van der Waals surface area contributed by atoms with Gasteiger partial charge in [0.25, 0.3) is 0 Å². The second-order valence-electron chi connectivity index (χ2n) is 4.08. The third kappa shape index (κ3) is 3.44. The van der Waals surface area contributed by atoms with Crippen LogP contribution in [0.15, 0.2) is 22.7 Å². The van der Waals surface area contributed by atoms with Gasteiger partial charge in [0, 0.05) is 17.1 Å². The summed E-state index contributed by atoms with van der Waals surface area (Å²) in [5.41, 5.74) is 2.00. The van der Waals surface area contributed by atoms with Gasteiger partial charge in [-0.15, -0.1) is 0 Å². The predicted molar refractivity (Wildman–Crippen MR) is 81.1 cm³/mol. The van der Waals surface area contributed by atoms with Crippen molar-refractivity contribution >= 4 is 39.1 Å². The summed E-state index contributed by atoms with van der Waals surface area (Å²) in [6, 6.07) is 5.14. The molecular formula is C13H13BrCl2N2O. The maximum absolute atomic E-state index is 5.93. The van der Waals surface area contributed by atoms with Crippen LogP contribution >= 0.6 is 39.1 Å². The fraction of sp³-hybridized carbons (Fsp3) is 0.308. The van der Waals surface area contributed by atoms with Gasteiger partial charge in [0.1, 0.15) is 12.4 Å². The van der Waals surface area contributed by atoms with Gasteiger partial charge in [-0.3, -0.25) is 4.68 Å². The van der Waals surface area contributed by atoms with Gasteiger partial charge in [-0.1, -0.05) is 30.1 Å². The van der Waals surface area contributed by atoms with Gasteiger partial charge in [-0.25, -0.2) is 0 Å². The second-order valence-corrected chi connectivity index (χ2v) is 5.74. The van der Waals surface area contributed by atoms with Crippen LogP contribution in [0.2, 0.25) is 10.0 Å². The molecule has 6 heteroatoms. The summed E-state index contributed by atoms with van der Waals surface area (Å²) in [5.74, 6) is 0.642. The molecule has 0 radical (unpaired) electrons. The summed E-state index contributed by atoms with van der Waals surface area (Å²) < 4.78 is 8.52. The van der Waals surface area contributed by atoms with Crippen LogP contribution in [0.3, 0.4) is 0 Å². The van der Waals surface area contributed by atoms with Crippen molar-refractivity contribution in [1.29, 1.82) is 0 Å². The third-order valence-electron chi connectivity index (χ3n) is 2.71. The molecule has 2 aromatic rings. The van der Waals surface area contributed by atoms with Crippen LogP contribution in [0.5, 0.6) is 5.75 Å². The standard InChI is InChI=1S/C13H13BrCl2N2O/c1-3-11-13(14)12(18(2)17-11)7-19-10-5-8(15)4-9(16)6-10/h4-6H,3,7H2,1-2H3. The molecule has 1 aromatic carbocycles. The number of hydrogen-bond donors (Lipinski definition) is 0. The fourth-order valence-corrected chi connectivity index (χ4v) is 2.98. The zero-order chi connectivity index (χ0) is 14.0. The van der Waals surface area contributed by atoms with Crippen LogP contribution < -0.4 is 4.74 Å². The van der Waals surface area contributed by atoms with Crippen LogP contribution in [0.1, 0.15) is 18.3 Å². The summed E-state index contributed by atoms with van der Waals surface area (Å²) >= 11 is 15.4. The Bertz CT molecular complexity index is 578. The summed E-state index contributed by atoms with van der Waals surface area (Å²) in [7, 11) is 1.90. The van der Waals surface area contributed by atoms with E-state index in [0.717, 1.165) is 22.3 Å². The van der Waals surface area contributed by atoms with E-state index in [9.17, 15) is 0 Å². The summed E-state index contributed by atoms with van der Waals surface area (Å²) in [6.45, 7) is 2.47. The van der Waals surface area contributed by atoms with E-state index in [-0.39, 0.29) is 0 Å². The van der Waals surface area contributed by atoms with Crippen molar-refractivity contribution in [3.8, 4) is 5.75 Å². The quantitative estimate of drug-likeness (QED) is 0.791. The monoisotopic (exact) mass is 362 g/mol. The third-order valence-corrected chi connectivity index (χ3v) is 4.07. The first-order valence-corrected chi connectivity index (χ1v) is 7.35. The minimum absolute atomic E-state index is 0.404. The van der Waals surface area contributed by atoms with Gasteiger partial charge in [0.2, 0.25) is 0 Å². The maximum atomic E-state index is 5.93. The summed E-state index contributed by atoms with van der Waals surface area (Å²) in [4.78, 5) is 0. The van der Waals surface area contributed by atoms with Crippen molar-refractivity contribution in [1.82, 2.24) is 9.78 Å². The fourth-order valence-electron chi connectivity index (χ4n) is 1.74. The molecule has 0 spiro atoms. The Labute approximate surface area is 130 Å². The average Bonchev–Trinajstić information content (AvgIpc) is 2.61. The topological polar surface area (TPSA) is 27.1 Å². The van der Waals surface area contributed by atoms with Gasteiger partial charge in [0.15, 0.2) is 0 Å². The molecule has 0 aliphatic rings. The average molecular weight is 364 g/mol. The number of ether oxygens (including phenoxy) is 1. The van der Waals surface area contributed by atoms with E-state index < -0.39 is 0 Å². The van der Waals surface area contributed by atoms with Crippen molar-refractivity contribution in [3.63, 3.8) is 0 Å². The molecule has 0 N–H and O–H groups in total. The Hall–Kier alpha value is -0.710. The largest absolute Gasteiger partial charge is 0.487 e. The van der Waals surface area contributed by atoms with Crippen molar-refractivity contribution in [3.05, 3.63) is 44.1 Å². The normalized spacial score (nSPS) is 10.8. The van der Waals surface area contributed by atoms with Crippen LogP contribution in [-0.2, 0) is 20.1 Å². The highest BCUT2D eigenvalue weighted by atomic mass is 79.9. The molecule has 102 valence electrons. The predicted octanol–water partition coefficient (Wildman–Crippen LogP) is 4.63. The molecular weight excluding hydrogens is 351 g/mol. The van der Waals surface area contributed by atoms with Crippen molar-refractivity contribution in [2.75, 3.05) is 0 Å². The number of halogens is 3. The molecule has 0 saturated carbocycles. The molecule has 0 amide bonds. The van der Waals surface area contributed by atoms with E-state index in [1.807, 2.05) is 11.7 Å². The van der Waals surface area contributed by atoms with E-state index in [2.05, 4.69) is 28.0 Å². The van der Waals surface area contributed by atoms with E-state index in [1.165, 1.54) is 0 Å². The van der Waals surface area contributed by atoms with Crippen LogP contribution in [-0.4, -0.2) is 9.78 Å². The van der Waals surface area contributed by atoms with Gasteiger partial charge in [-0.05, 0) is 40.5 Å². The van der Waals surface area contributed by atoms with Crippen LogP contribution in [0.25, 0.3) is 0 Å². The van der Waals surface area contributed by atoms with E-state index in [1.54, 1.807) is 18.2 Å².